The maximum atomic E-state index is 13.1. The van der Waals surface area contributed by atoms with Gasteiger partial charge in [-0.1, -0.05) is 48.9 Å². The summed E-state index contributed by atoms with van der Waals surface area (Å²) in [6.07, 6.45) is 9.02. The van der Waals surface area contributed by atoms with Gasteiger partial charge in [0, 0.05) is 69.6 Å². The molecule has 2 heterocycles. The highest BCUT2D eigenvalue weighted by molar-refractivity contribution is 7.84. The van der Waals surface area contributed by atoms with E-state index < -0.39 is 10.8 Å². The highest BCUT2D eigenvalue weighted by atomic mass is 35.5. The van der Waals surface area contributed by atoms with Gasteiger partial charge >= 0.3 is 0 Å². The molecule has 212 valence electrons. The number of allylic oxidation sites excluding steroid dienone is 5. The number of hydrogen-bond acceptors (Lipinski definition) is 4. The zero-order valence-electron chi connectivity index (χ0n) is 23.5. The fourth-order valence-corrected chi connectivity index (χ4v) is 5.84. The quantitative estimate of drug-likeness (QED) is 0.342. The highest BCUT2D eigenvalue weighted by Crippen LogP contribution is 2.37. The normalized spacial score (nSPS) is 16.7. The summed E-state index contributed by atoms with van der Waals surface area (Å²) in [6, 6.07) is 7.62. The van der Waals surface area contributed by atoms with Gasteiger partial charge < -0.3 is 20.5 Å². The van der Waals surface area contributed by atoms with Crippen molar-refractivity contribution >= 4 is 45.9 Å². The number of carbonyl (C=O) groups is 2. The largest absolute Gasteiger partial charge is 0.359 e. The molecule has 40 heavy (non-hydrogen) atoms. The van der Waals surface area contributed by atoms with E-state index in [1.807, 2.05) is 64.2 Å². The number of carbonyl (C=O) groups excluding carboxylic acids is 2. The number of nitrogens with one attached hydrogen (secondary N) is 3. The number of nitrogens with zero attached hydrogens (tertiary/aromatic N) is 1. The van der Waals surface area contributed by atoms with Crippen molar-refractivity contribution in [1.29, 1.82) is 0 Å². The zero-order chi connectivity index (χ0) is 28.8. The molecule has 0 saturated carbocycles. The lowest BCUT2D eigenvalue weighted by Crippen LogP contribution is -2.35. The van der Waals surface area contributed by atoms with Gasteiger partial charge in [-0.05, 0) is 67.8 Å². The van der Waals surface area contributed by atoms with Crippen LogP contribution in [0.5, 0.6) is 0 Å². The predicted molar refractivity (Wildman–Crippen MR) is 164 cm³/mol. The molecule has 2 aromatic rings. The first kappa shape index (κ1) is 29.8. The summed E-state index contributed by atoms with van der Waals surface area (Å²) in [5.74, 6) is 1.10. The van der Waals surface area contributed by atoms with Crippen molar-refractivity contribution in [3.8, 4) is 0 Å². The summed E-state index contributed by atoms with van der Waals surface area (Å²) in [6.45, 7) is 7.81. The molecule has 1 aliphatic carbocycles. The van der Waals surface area contributed by atoms with E-state index in [-0.39, 0.29) is 18.2 Å². The number of aromatic nitrogens is 1. The molecule has 1 aliphatic heterocycles. The molecular formula is C31H37ClN4O3S. The highest BCUT2D eigenvalue weighted by Gasteiger charge is 2.31. The Morgan fingerprint density at radius 2 is 1.95 bits per heavy atom. The Kier molecular flexibility index (Phi) is 10.0. The molecule has 1 unspecified atom stereocenters. The number of amides is 2. The number of benzene rings is 1. The molecule has 0 radical (unpaired) electrons. The van der Waals surface area contributed by atoms with Crippen LogP contribution in [0.4, 0.5) is 0 Å². The van der Waals surface area contributed by atoms with E-state index in [2.05, 4.69) is 32.7 Å². The molecule has 2 amide bonds. The second-order valence-electron chi connectivity index (χ2n) is 10.1. The summed E-state index contributed by atoms with van der Waals surface area (Å²) in [4.78, 5) is 31.4. The van der Waals surface area contributed by atoms with Crippen LogP contribution in [0.25, 0.3) is 11.6 Å². The molecule has 1 saturated heterocycles. The van der Waals surface area contributed by atoms with E-state index in [0.717, 1.165) is 57.9 Å². The van der Waals surface area contributed by atoms with E-state index in [4.69, 9.17) is 11.6 Å². The minimum Gasteiger partial charge on any atom is -0.359 e. The molecule has 1 fully saturated rings. The predicted octanol–water partition coefficient (Wildman–Crippen LogP) is 4.45. The molecule has 1 aromatic heterocycles. The third-order valence-corrected chi connectivity index (χ3v) is 8.83. The molecule has 0 spiro atoms. The van der Waals surface area contributed by atoms with Gasteiger partial charge in [-0.25, -0.2) is 0 Å². The van der Waals surface area contributed by atoms with Gasteiger partial charge in [0.05, 0.1) is 12.0 Å². The van der Waals surface area contributed by atoms with Crippen molar-refractivity contribution in [2.24, 2.45) is 0 Å². The first-order valence-corrected chi connectivity index (χ1v) is 15.4. The first-order valence-electron chi connectivity index (χ1n) is 13.6. The standard InChI is InChI=1S/C31H37ClN4O3S/c1-5-40(39)17-16-36(4)15-14-33-29(37)19-25-20(2)28(34-21(25)3)18-26-30-24(22-10-12-23(32)13-11-22)8-6-7-9-27(30)35-31(26)38/h6,8-13,18,34H,5,7,14-17,19H2,1-4H3,(H,33,37)(H,35,38)/b26-18-. The van der Waals surface area contributed by atoms with Gasteiger partial charge in [-0.15, -0.1) is 0 Å². The number of likely N-dealkylation sites (N-methyl/N-ethyl adjacent to an activating group) is 1. The van der Waals surface area contributed by atoms with Crippen molar-refractivity contribution < 1.29 is 13.8 Å². The van der Waals surface area contributed by atoms with Gasteiger partial charge in [-0.3, -0.25) is 13.8 Å². The van der Waals surface area contributed by atoms with Crippen molar-refractivity contribution in [2.75, 3.05) is 38.2 Å². The molecule has 0 bridgehead atoms. The Morgan fingerprint density at radius 3 is 2.67 bits per heavy atom. The second-order valence-corrected chi connectivity index (χ2v) is 12.4. The number of fused-ring (bicyclic) bond motifs is 1. The van der Waals surface area contributed by atoms with Crippen molar-refractivity contribution in [3.05, 3.63) is 92.4 Å². The van der Waals surface area contributed by atoms with Gasteiger partial charge in [-0.2, -0.15) is 0 Å². The molecule has 2 aliphatic rings. The smallest absolute Gasteiger partial charge is 0.256 e. The average Bonchev–Trinajstić information content (AvgIpc) is 3.27. The number of halogens is 1. The average molecular weight is 581 g/mol. The molecule has 3 N–H and O–H groups in total. The van der Waals surface area contributed by atoms with Crippen molar-refractivity contribution in [3.63, 3.8) is 0 Å². The van der Waals surface area contributed by atoms with Gasteiger partial charge in [0.2, 0.25) is 5.91 Å². The lowest BCUT2D eigenvalue weighted by molar-refractivity contribution is -0.120. The molecule has 9 heteroatoms. The fraction of sp³-hybridized carbons (Fsp3) is 0.355. The van der Waals surface area contributed by atoms with Crippen LogP contribution in [0.1, 0.15) is 41.4 Å². The lowest BCUT2D eigenvalue weighted by Gasteiger charge is -2.16. The maximum absolute atomic E-state index is 13.1. The zero-order valence-corrected chi connectivity index (χ0v) is 25.1. The summed E-state index contributed by atoms with van der Waals surface area (Å²) in [5.41, 5.74) is 7.77. The van der Waals surface area contributed by atoms with Crippen LogP contribution in [0.2, 0.25) is 5.02 Å². The molecule has 7 nitrogen and oxygen atoms in total. The third-order valence-electron chi connectivity index (χ3n) is 7.29. The van der Waals surface area contributed by atoms with Crippen LogP contribution >= 0.6 is 11.6 Å². The maximum Gasteiger partial charge on any atom is 0.256 e. The molecular weight excluding hydrogens is 544 g/mol. The SMILES string of the molecule is CCS(=O)CCN(C)CCNC(=O)Cc1c(C)[nH]c(/C=C2\C(=O)NC3=CCC=CC(c4ccc(Cl)cc4)=C32)c1C. The van der Waals surface area contributed by atoms with E-state index in [1.54, 1.807) is 0 Å². The molecule has 1 atom stereocenters. The number of aryl methyl sites for hydroxylation is 1. The van der Waals surface area contributed by atoms with Gasteiger partial charge in [0.25, 0.3) is 5.91 Å². The Balaban J connectivity index is 1.52. The van der Waals surface area contributed by atoms with Crippen LogP contribution in [-0.2, 0) is 26.8 Å². The third kappa shape index (κ3) is 7.11. The second kappa shape index (κ2) is 13.4. The Morgan fingerprint density at radius 1 is 1.20 bits per heavy atom. The van der Waals surface area contributed by atoms with Crippen LogP contribution < -0.4 is 10.6 Å². The van der Waals surface area contributed by atoms with E-state index >= 15 is 0 Å². The Labute approximate surface area is 243 Å². The Bertz CT molecular complexity index is 1430. The lowest BCUT2D eigenvalue weighted by atomic mass is 9.94. The summed E-state index contributed by atoms with van der Waals surface area (Å²) in [7, 11) is 1.18. The van der Waals surface area contributed by atoms with Gasteiger partial charge in [0.1, 0.15) is 0 Å². The minimum atomic E-state index is -0.788. The topological polar surface area (TPSA) is 94.3 Å². The molecule has 1 aromatic carbocycles. The van der Waals surface area contributed by atoms with Crippen LogP contribution in [0.15, 0.2) is 59.3 Å². The minimum absolute atomic E-state index is 0.0552. The van der Waals surface area contributed by atoms with E-state index in [9.17, 15) is 13.8 Å². The summed E-state index contributed by atoms with van der Waals surface area (Å²) in [5, 5.41) is 6.69. The Hall–Kier alpha value is -3.20. The number of hydrogen-bond donors (Lipinski definition) is 3. The van der Waals surface area contributed by atoms with Crippen LogP contribution in [0.3, 0.4) is 0 Å². The van der Waals surface area contributed by atoms with Crippen molar-refractivity contribution in [2.45, 2.75) is 33.6 Å². The van der Waals surface area contributed by atoms with Gasteiger partial charge in [0.15, 0.2) is 0 Å². The number of H-pyrrole nitrogens is 1. The summed E-state index contributed by atoms with van der Waals surface area (Å²) < 4.78 is 11.6. The van der Waals surface area contributed by atoms with Crippen LogP contribution in [-0.4, -0.2) is 64.1 Å². The van der Waals surface area contributed by atoms with E-state index in [1.165, 1.54) is 0 Å². The monoisotopic (exact) mass is 580 g/mol. The first-order chi connectivity index (χ1) is 19.2. The van der Waals surface area contributed by atoms with Crippen LogP contribution in [0, 0.1) is 13.8 Å². The van der Waals surface area contributed by atoms with Crippen molar-refractivity contribution in [1.82, 2.24) is 20.5 Å². The fourth-order valence-electron chi connectivity index (χ4n) is 4.91. The number of rotatable bonds is 11. The molecule has 4 rings (SSSR count). The number of aromatic amines is 1. The van der Waals surface area contributed by atoms with E-state index in [0.29, 0.717) is 35.2 Å². The summed E-state index contributed by atoms with van der Waals surface area (Å²) >= 11 is 6.13.